The zero-order valence-electron chi connectivity index (χ0n) is 14.4. The van der Waals surface area contributed by atoms with Crippen molar-refractivity contribution < 1.29 is 14.3 Å². The highest BCUT2D eigenvalue weighted by Gasteiger charge is 2.49. The normalized spacial score (nSPS) is 18.0. The lowest BCUT2D eigenvalue weighted by molar-refractivity contribution is -0.130. The Balaban J connectivity index is 1.78. The molecule has 1 amide bonds. The smallest absolute Gasteiger partial charge is 0.276 e. The second kappa shape index (κ2) is 6.71. The standard InChI is InChI=1S/C23H16FNO2/c24-19-11-12-21-20(15-19)23(27,14-13-17-7-3-1-4-8-17)22(26)25(21)16-18-9-5-2-6-10-18/h1-12,15,27H,16H2. The third-order valence-electron chi connectivity index (χ3n) is 4.54. The summed E-state index contributed by atoms with van der Waals surface area (Å²) < 4.78 is 13.9. The number of halogens is 1. The molecular formula is C23H16FNO2. The number of carbonyl (C=O) groups is 1. The summed E-state index contributed by atoms with van der Waals surface area (Å²) >= 11 is 0. The van der Waals surface area contributed by atoms with Gasteiger partial charge in [-0.15, -0.1) is 0 Å². The first-order valence-electron chi connectivity index (χ1n) is 8.54. The minimum absolute atomic E-state index is 0.173. The van der Waals surface area contributed by atoms with Crippen LogP contribution in [0.3, 0.4) is 0 Å². The third kappa shape index (κ3) is 3.10. The number of rotatable bonds is 2. The average molecular weight is 357 g/mol. The molecule has 1 aliphatic heterocycles. The van der Waals surface area contributed by atoms with E-state index in [1.54, 1.807) is 12.1 Å². The lowest BCUT2D eigenvalue weighted by atomic mass is 9.95. The van der Waals surface area contributed by atoms with Gasteiger partial charge in [0.05, 0.1) is 12.2 Å². The number of carbonyl (C=O) groups excluding carboxylic acids is 1. The van der Waals surface area contributed by atoms with E-state index in [1.807, 2.05) is 48.5 Å². The molecule has 0 fully saturated rings. The molecule has 4 heteroatoms. The van der Waals surface area contributed by atoms with Gasteiger partial charge < -0.3 is 10.0 Å². The van der Waals surface area contributed by atoms with Gasteiger partial charge in [0.15, 0.2) is 0 Å². The summed E-state index contributed by atoms with van der Waals surface area (Å²) in [5.74, 6) is 4.40. The van der Waals surface area contributed by atoms with Crippen molar-refractivity contribution >= 4 is 11.6 Å². The van der Waals surface area contributed by atoms with E-state index in [0.29, 0.717) is 11.3 Å². The van der Waals surface area contributed by atoms with Crippen LogP contribution in [0.15, 0.2) is 78.9 Å². The number of hydrogen-bond acceptors (Lipinski definition) is 2. The molecular weight excluding hydrogens is 341 g/mol. The molecule has 3 nitrogen and oxygen atoms in total. The molecule has 0 aliphatic carbocycles. The molecule has 0 radical (unpaired) electrons. The SMILES string of the molecule is O=C1N(Cc2ccccc2)c2ccc(F)cc2C1(O)C#Cc1ccccc1. The molecule has 132 valence electrons. The van der Waals surface area contributed by atoms with Crippen molar-refractivity contribution in [1.82, 2.24) is 0 Å². The van der Waals surface area contributed by atoms with Crippen molar-refractivity contribution in [2.75, 3.05) is 4.90 Å². The van der Waals surface area contributed by atoms with Crippen molar-refractivity contribution in [1.29, 1.82) is 0 Å². The summed E-state index contributed by atoms with van der Waals surface area (Å²) in [7, 11) is 0. The van der Waals surface area contributed by atoms with Crippen LogP contribution in [0.5, 0.6) is 0 Å². The monoisotopic (exact) mass is 357 g/mol. The highest BCUT2D eigenvalue weighted by molar-refractivity contribution is 6.09. The van der Waals surface area contributed by atoms with E-state index < -0.39 is 17.3 Å². The van der Waals surface area contributed by atoms with E-state index in [0.717, 1.165) is 5.56 Å². The molecule has 0 saturated heterocycles. The van der Waals surface area contributed by atoms with Gasteiger partial charge in [0.1, 0.15) is 5.82 Å². The Morgan fingerprint density at radius 3 is 2.33 bits per heavy atom. The molecule has 0 spiro atoms. The minimum Gasteiger partial charge on any atom is -0.366 e. The van der Waals surface area contributed by atoms with Gasteiger partial charge in [0.2, 0.25) is 5.60 Å². The number of amides is 1. The van der Waals surface area contributed by atoms with E-state index in [1.165, 1.54) is 23.1 Å². The van der Waals surface area contributed by atoms with Gasteiger partial charge in [-0.05, 0) is 41.8 Å². The predicted molar refractivity (Wildman–Crippen MR) is 101 cm³/mol. The van der Waals surface area contributed by atoms with Gasteiger partial charge >= 0.3 is 0 Å². The van der Waals surface area contributed by atoms with Gasteiger partial charge in [-0.3, -0.25) is 4.79 Å². The van der Waals surface area contributed by atoms with E-state index in [4.69, 9.17) is 0 Å². The predicted octanol–water partition coefficient (Wildman–Crippen LogP) is 3.61. The van der Waals surface area contributed by atoms with Crippen LogP contribution in [0.2, 0.25) is 0 Å². The fraction of sp³-hybridized carbons (Fsp3) is 0.0870. The van der Waals surface area contributed by atoms with E-state index in [2.05, 4.69) is 11.8 Å². The van der Waals surface area contributed by atoms with Crippen LogP contribution in [-0.2, 0) is 16.9 Å². The van der Waals surface area contributed by atoms with E-state index in [-0.39, 0.29) is 12.1 Å². The van der Waals surface area contributed by atoms with Gasteiger partial charge in [0, 0.05) is 11.1 Å². The largest absolute Gasteiger partial charge is 0.366 e. The topological polar surface area (TPSA) is 40.5 Å². The quantitative estimate of drug-likeness (QED) is 0.712. The molecule has 1 unspecified atom stereocenters. The first-order valence-corrected chi connectivity index (χ1v) is 8.54. The lowest BCUT2D eigenvalue weighted by Gasteiger charge is -2.19. The van der Waals surface area contributed by atoms with Crippen LogP contribution in [0.1, 0.15) is 16.7 Å². The highest BCUT2D eigenvalue weighted by atomic mass is 19.1. The third-order valence-corrected chi connectivity index (χ3v) is 4.54. The van der Waals surface area contributed by atoms with Crippen molar-refractivity contribution in [2.24, 2.45) is 0 Å². The Hall–Kier alpha value is -3.42. The number of nitrogens with zero attached hydrogens (tertiary/aromatic N) is 1. The second-order valence-corrected chi connectivity index (χ2v) is 6.36. The maximum atomic E-state index is 13.9. The summed E-state index contributed by atoms with van der Waals surface area (Å²) in [5.41, 5.74) is 0.128. The number of fused-ring (bicyclic) bond motifs is 1. The molecule has 0 saturated carbocycles. The number of anilines is 1. The Morgan fingerprint density at radius 2 is 1.63 bits per heavy atom. The van der Waals surface area contributed by atoms with E-state index in [9.17, 15) is 14.3 Å². The maximum Gasteiger partial charge on any atom is 0.276 e. The highest BCUT2D eigenvalue weighted by Crippen LogP contribution is 2.41. The molecule has 27 heavy (non-hydrogen) atoms. The number of hydrogen-bond donors (Lipinski definition) is 1. The second-order valence-electron chi connectivity index (χ2n) is 6.36. The summed E-state index contributed by atoms with van der Waals surface area (Å²) in [6.45, 7) is 0.271. The summed E-state index contributed by atoms with van der Waals surface area (Å²) in [6.07, 6.45) is 0. The molecule has 3 aromatic carbocycles. The van der Waals surface area contributed by atoms with E-state index >= 15 is 0 Å². The van der Waals surface area contributed by atoms with Crippen molar-refractivity contribution in [3.05, 3.63) is 101 Å². The molecule has 1 heterocycles. The summed E-state index contributed by atoms with van der Waals surface area (Å²) in [6, 6.07) is 22.5. The molecule has 0 bridgehead atoms. The first-order chi connectivity index (χ1) is 13.1. The molecule has 1 atom stereocenters. The Labute approximate surface area is 156 Å². The molecule has 4 rings (SSSR count). The molecule has 1 N–H and O–H groups in total. The molecule has 0 aromatic heterocycles. The number of benzene rings is 3. The zero-order valence-corrected chi connectivity index (χ0v) is 14.4. The van der Waals surface area contributed by atoms with Gasteiger partial charge in [-0.1, -0.05) is 54.5 Å². The number of aliphatic hydroxyl groups is 1. The van der Waals surface area contributed by atoms with Gasteiger partial charge in [-0.2, -0.15) is 0 Å². The molecule has 1 aliphatic rings. The maximum absolute atomic E-state index is 13.9. The molecule has 3 aromatic rings. The van der Waals surface area contributed by atoms with Crippen molar-refractivity contribution in [3.63, 3.8) is 0 Å². The Bertz CT molecular complexity index is 1050. The average Bonchev–Trinajstić information content (AvgIpc) is 2.90. The van der Waals surface area contributed by atoms with Crippen LogP contribution < -0.4 is 4.90 Å². The van der Waals surface area contributed by atoms with Crippen molar-refractivity contribution in [3.8, 4) is 11.8 Å². The van der Waals surface area contributed by atoms with Crippen LogP contribution in [-0.4, -0.2) is 11.0 Å². The Kier molecular flexibility index (Phi) is 4.23. The Morgan fingerprint density at radius 1 is 0.963 bits per heavy atom. The summed E-state index contributed by atoms with van der Waals surface area (Å²) in [5, 5.41) is 11.1. The van der Waals surface area contributed by atoms with Gasteiger partial charge in [-0.25, -0.2) is 4.39 Å². The minimum atomic E-state index is -2.08. The zero-order chi connectivity index (χ0) is 18.9. The summed E-state index contributed by atoms with van der Waals surface area (Å²) in [4.78, 5) is 14.5. The lowest BCUT2D eigenvalue weighted by Crippen LogP contribution is -2.39. The van der Waals surface area contributed by atoms with Crippen LogP contribution in [0, 0.1) is 17.7 Å². The van der Waals surface area contributed by atoms with Crippen LogP contribution in [0.4, 0.5) is 10.1 Å². The first kappa shape index (κ1) is 17.0. The van der Waals surface area contributed by atoms with Crippen molar-refractivity contribution in [2.45, 2.75) is 12.1 Å². The van der Waals surface area contributed by atoms with Crippen LogP contribution in [0.25, 0.3) is 0 Å². The fourth-order valence-electron chi connectivity index (χ4n) is 3.18. The fourth-order valence-corrected chi connectivity index (χ4v) is 3.18. The van der Waals surface area contributed by atoms with Gasteiger partial charge in [0.25, 0.3) is 5.91 Å². The van der Waals surface area contributed by atoms with Crippen LogP contribution >= 0.6 is 0 Å².